The fourth-order valence-corrected chi connectivity index (χ4v) is 12.1. The third kappa shape index (κ3) is 6.94. The van der Waals surface area contributed by atoms with E-state index in [4.69, 9.17) is 17.7 Å². The van der Waals surface area contributed by atoms with Crippen molar-refractivity contribution in [3.63, 3.8) is 0 Å². The van der Waals surface area contributed by atoms with Gasteiger partial charge in [-0.3, -0.25) is 0 Å². The van der Waals surface area contributed by atoms with Crippen molar-refractivity contribution in [3.05, 3.63) is 23.6 Å². The van der Waals surface area contributed by atoms with Crippen LogP contribution in [0.5, 0.6) is 0 Å². The molecule has 0 aromatic carbocycles. The van der Waals surface area contributed by atoms with E-state index < -0.39 is 17.1 Å². The predicted molar refractivity (Wildman–Crippen MR) is 120 cm³/mol. The highest BCUT2D eigenvalue weighted by Gasteiger charge is 2.65. The van der Waals surface area contributed by atoms with Gasteiger partial charge in [0, 0.05) is 26.4 Å². The number of unbranched alkanes of at least 4 members (excludes halogenated alkanes) is 2. The Labute approximate surface area is 170 Å². The van der Waals surface area contributed by atoms with Crippen molar-refractivity contribution in [2.45, 2.75) is 85.7 Å². The molecular formula is C21H44O4Si2. The van der Waals surface area contributed by atoms with Gasteiger partial charge in [0.2, 0.25) is 0 Å². The van der Waals surface area contributed by atoms with Crippen LogP contribution >= 0.6 is 0 Å². The molecule has 0 aromatic rings. The highest BCUT2D eigenvalue weighted by Crippen LogP contribution is 2.49. The highest BCUT2D eigenvalue weighted by molar-refractivity contribution is 6.95. The summed E-state index contributed by atoms with van der Waals surface area (Å²) in [6.07, 6.45) is 8.71. The number of allylic oxidation sites excluding steroid dienone is 2. The summed E-state index contributed by atoms with van der Waals surface area (Å²) in [5.74, 6) is 0. The maximum atomic E-state index is 6.46. The zero-order valence-electron chi connectivity index (χ0n) is 19.1. The monoisotopic (exact) mass is 416 g/mol. The second-order valence-electron chi connectivity index (χ2n) is 7.07. The van der Waals surface area contributed by atoms with E-state index in [0.717, 1.165) is 25.7 Å². The Morgan fingerprint density at radius 1 is 0.593 bits per heavy atom. The van der Waals surface area contributed by atoms with Gasteiger partial charge in [-0.25, -0.2) is 0 Å². The minimum Gasteiger partial charge on any atom is -0.391 e. The van der Waals surface area contributed by atoms with E-state index in [1.54, 1.807) is 0 Å². The van der Waals surface area contributed by atoms with E-state index in [2.05, 4.69) is 51.2 Å². The smallest absolute Gasteiger partial charge is 0.372 e. The molecule has 27 heavy (non-hydrogen) atoms. The molecular weight excluding hydrogens is 372 g/mol. The average Bonchev–Trinajstić information content (AvgIpc) is 2.62. The topological polar surface area (TPSA) is 36.9 Å². The molecule has 0 N–H and O–H groups in total. The quantitative estimate of drug-likeness (QED) is 0.284. The lowest BCUT2D eigenvalue weighted by molar-refractivity contribution is 0.144. The van der Waals surface area contributed by atoms with Gasteiger partial charge in [-0.1, -0.05) is 52.7 Å². The molecule has 0 aliphatic heterocycles. The molecule has 0 aromatic heterocycles. The van der Waals surface area contributed by atoms with Crippen molar-refractivity contribution in [2.75, 3.05) is 26.4 Å². The second-order valence-corrected chi connectivity index (χ2v) is 14.6. The number of hydrogen-bond acceptors (Lipinski definition) is 4. The van der Waals surface area contributed by atoms with Gasteiger partial charge in [0.25, 0.3) is 0 Å². The summed E-state index contributed by atoms with van der Waals surface area (Å²) < 4.78 is 25.5. The molecule has 0 saturated heterocycles. The highest BCUT2D eigenvalue weighted by atomic mass is 28.4. The maximum Gasteiger partial charge on any atom is 0.372 e. The molecule has 0 spiro atoms. The van der Waals surface area contributed by atoms with Crippen molar-refractivity contribution in [2.24, 2.45) is 0 Å². The first-order chi connectivity index (χ1) is 12.9. The summed E-state index contributed by atoms with van der Waals surface area (Å²) in [7, 11) is -5.50. The molecule has 0 atom stereocenters. The largest absolute Gasteiger partial charge is 0.391 e. The fourth-order valence-electron chi connectivity index (χ4n) is 3.33. The Kier molecular flexibility index (Phi) is 13.7. The van der Waals surface area contributed by atoms with Crippen LogP contribution in [0, 0.1) is 0 Å². The molecule has 6 heteroatoms. The molecule has 0 bridgehead atoms. The van der Waals surface area contributed by atoms with E-state index in [-0.39, 0.29) is 4.66 Å². The first-order valence-electron chi connectivity index (χ1n) is 10.8. The van der Waals surface area contributed by atoms with Crippen molar-refractivity contribution in [1.82, 2.24) is 0 Å². The van der Waals surface area contributed by atoms with E-state index in [9.17, 15) is 0 Å². The summed E-state index contributed by atoms with van der Waals surface area (Å²) in [6.45, 7) is 19.5. The number of rotatable bonds is 16. The van der Waals surface area contributed by atoms with Crippen LogP contribution in [-0.2, 0) is 17.7 Å². The summed E-state index contributed by atoms with van der Waals surface area (Å²) in [4.78, 5) is 0. The van der Waals surface area contributed by atoms with Gasteiger partial charge in [0.1, 0.15) is 0 Å². The molecule has 0 heterocycles. The Morgan fingerprint density at radius 2 is 0.889 bits per heavy atom. The van der Waals surface area contributed by atoms with Crippen LogP contribution in [0.1, 0.15) is 81.1 Å². The Bertz CT molecular complexity index is 386. The Balaban J connectivity index is 6.41. The second kappa shape index (κ2) is 13.9. The van der Waals surface area contributed by atoms with Gasteiger partial charge in [0.05, 0.1) is 4.66 Å². The zero-order chi connectivity index (χ0) is 20.8. The normalized spacial score (nSPS) is 13.9. The van der Waals surface area contributed by atoms with Crippen LogP contribution in [0.3, 0.4) is 0 Å². The third-order valence-corrected chi connectivity index (χ3v) is 14.6. The van der Waals surface area contributed by atoms with Crippen LogP contribution in [0.4, 0.5) is 0 Å². The van der Waals surface area contributed by atoms with Gasteiger partial charge in [-0.2, -0.15) is 0 Å². The maximum absolute atomic E-state index is 6.46. The molecule has 0 aliphatic rings. The van der Waals surface area contributed by atoms with Gasteiger partial charge in [-0.05, 0) is 51.9 Å². The van der Waals surface area contributed by atoms with Crippen molar-refractivity contribution < 1.29 is 17.7 Å². The van der Waals surface area contributed by atoms with Crippen LogP contribution in [0.2, 0.25) is 4.66 Å². The third-order valence-electron chi connectivity index (χ3n) is 4.76. The van der Waals surface area contributed by atoms with Gasteiger partial charge in [0.15, 0.2) is 0 Å². The van der Waals surface area contributed by atoms with E-state index in [0.29, 0.717) is 26.4 Å². The Hall–Kier alpha value is -0.246. The molecule has 160 valence electrons. The standard InChI is InChI=1S/C21H44O4Si2/c1-9-15-17-19-26(22-11-3,23-12-4)21(7,8)27(24-13-5,25-14-6)20-18-16-10-2/h17-20H,9-16H2,1-8H3. The predicted octanol–water partition coefficient (Wildman–Crippen LogP) is 6.13. The lowest BCUT2D eigenvalue weighted by Gasteiger charge is -2.48. The van der Waals surface area contributed by atoms with Crippen LogP contribution in [-0.4, -0.2) is 43.5 Å². The van der Waals surface area contributed by atoms with Gasteiger partial charge < -0.3 is 17.7 Å². The lowest BCUT2D eigenvalue weighted by Crippen LogP contribution is -2.65. The average molecular weight is 417 g/mol. The van der Waals surface area contributed by atoms with Crippen molar-refractivity contribution in [3.8, 4) is 0 Å². The minimum atomic E-state index is -2.75. The van der Waals surface area contributed by atoms with E-state index in [1.807, 2.05) is 27.7 Å². The zero-order valence-corrected chi connectivity index (χ0v) is 21.1. The lowest BCUT2D eigenvalue weighted by atomic mass is 10.3. The van der Waals surface area contributed by atoms with Gasteiger partial charge >= 0.3 is 17.1 Å². The van der Waals surface area contributed by atoms with Crippen molar-refractivity contribution in [1.29, 1.82) is 0 Å². The van der Waals surface area contributed by atoms with Crippen LogP contribution in [0.15, 0.2) is 23.6 Å². The molecule has 0 rings (SSSR count). The van der Waals surface area contributed by atoms with E-state index >= 15 is 0 Å². The van der Waals surface area contributed by atoms with Crippen LogP contribution in [0.25, 0.3) is 0 Å². The molecule has 0 radical (unpaired) electrons. The summed E-state index contributed by atoms with van der Waals surface area (Å²) >= 11 is 0. The number of hydrogen-bond donors (Lipinski definition) is 0. The molecule has 0 unspecified atom stereocenters. The summed E-state index contributed by atoms with van der Waals surface area (Å²) in [5, 5.41) is 0. The van der Waals surface area contributed by atoms with Crippen LogP contribution < -0.4 is 0 Å². The molecule has 0 saturated carbocycles. The fraction of sp³-hybridized carbons (Fsp3) is 0.810. The van der Waals surface area contributed by atoms with Crippen molar-refractivity contribution >= 4 is 17.1 Å². The Morgan fingerprint density at radius 3 is 1.11 bits per heavy atom. The molecule has 0 aliphatic carbocycles. The molecule has 0 fully saturated rings. The first kappa shape index (κ1) is 26.8. The molecule has 0 amide bonds. The van der Waals surface area contributed by atoms with Gasteiger partial charge in [-0.15, -0.1) is 0 Å². The molecule has 4 nitrogen and oxygen atoms in total. The summed E-state index contributed by atoms with van der Waals surface area (Å²) in [5.41, 5.74) is 4.47. The first-order valence-corrected chi connectivity index (χ1v) is 14.6. The van der Waals surface area contributed by atoms with E-state index in [1.165, 1.54) is 0 Å². The minimum absolute atomic E-state index is 0.355. The summed E-state index contributed by atoms with van der Waals surface area (Å²) in [6, 6.07) is 0. The SMILES string of the molecule is CCCC=C[Si](OCC)(OCC)C(C)(C)[Si](C=CCCC)(OCC)OCC.